The molecule has 31 heavy (non-hydrogen) atoms. The molecule has 2 aliphatic heterocycles. The molecule has 166 valence electrons. The first-order valence-electron chi connectivity index (χ1n) is 10.3. The van der Waals surface area contributed by atoms with Gasteiger partial charge >= 0.3 is 11.7 Å². The molecule has 1 atom stereocenters. The number of carbonyl (C=O) groups is 1. The number of rotatable bonds is 10. The molecule has 0 fully saturated rings. The topological polar surface area (TPSA) is 142 Å². The molecule has 1 aromatic rings. The zero-order valence-electron chi connectivity index (χ0n) is 18.0. The van der Waals surface area contributed by atoms with E-state index in [0.29, 0.717) is 25.0 Å². The zero-order chi connectivity index (χ0) is 22.5. The molecule has 0 bridgehead atoms. The Labute approximate surface area is 179 Å². The number of hydrogen-bond acceptors (Lipinski definition) is 7. The van der Waals surface area contributed by atoms with Gasteiger partial charge in [0.1, 0.15) is 6.04 Å². The highest BCUT2D eigenvalue weighted by molar-refractivity contribution is 5.81. The lowest BCUT2D eigenvalue weighted by molar-refractivity contribution is -0.139. The first kappa shape index (κ1) is 22.6. The third-order valence-corrected chi connectivity index (χ3v) is 5.48. The van der Waals surface area contributed by atoms with E-state index in [9.17, 15) is 14.4 Å². The summed E-state index contributed by atoms with van der Waals surface area (Å²) in [6.07, 6.45) is 2.20. The van der Waals surface area contributed by atoms with Crippen LogP contribution in [0.1, 0.15) is 30.4 Å². The van der Waals surface area contributed by atoms with E-state index in [1.165, 1.54) is 0 Å². The molecular formula is C21H28N6O4. The molecule has 0 spiro atoms. The van der Waals surface area contributed by atoms with Crippen LogP contribution in [-0.4, -0.2) is 56.8 Å². The molecule has 1 unspecified atom stereocenters. The van der Waals surface area contributed by atoms with Gasteiger partial charge in [0.25, 0.3) is 5.56 Å². The number of aryl methyl sites for hydroxylation is 2. The lowest BCUT2D eigenvalue weighted by Crippen LogP contribution is -2.33. The van der Waals surface area contributed by atoms with Crippen LogP contribution in [0.4, 0.5) is 0 Å². The molecule has 4 N–H and O–H groups in total. The van der Waals surface area contributed by atoms with Gasteiger partial charge in [-0.2, -0.15) is 4.98 Å². The molecule has 10 heteroatoms. The number of aromatic amines is 1. The van der Waals surface area contributed by atoms with Gasteiger partial charge in [-0.3, -0.25) is 14.6 Å². The smallest absolute Gasteiger partial charge is 0.349 e. The minimum atomic E-state index is -0.839. The Hall–Kier alpha value is -3.11. The van der Waals surface area contributed by atoms with Crippen molar-refractivity contribution in [1.29, 1.82) is 0 Å². The molecule has 0 saturated carbocycles. The van der Waals surface area contributed by atoms with E-state index in [1.54, 1.807) is 7.05 Å². The average molecular weight is 428 g/mol. The van der Waals surface area contributed by atoms with Crippen LogP contribution in [0.2, 0.25) is 0 Å². The third-order valence-electron chi connectivity index (χ3n) is 5.48. The number of aliphatic carboxylic acids is 1. The maximum Gasteiger partial charge on any atom is 0.349 e. The van der Waals surface area contributed by atoms with E-state index in [1.807, 2.05) is 30.5 Å². The van der Waals surface area contributed by atoms with Crippen molar-refractivity contribution in [2.24, 2.45) is 0 Å². The van der Waals surface area contributed by atoms with Crippen LogP contribution in [0.3, 0.4) is 0 Å². The Morgan fingerprint density at radius 3 is 2.61 bits per heavy atom. The number of carboxylic acid groups (broad SMARTS) is 1. The number of nitrogens with one attached hydrogen (secondary N) is 3. The summed E-state index contributed by atoms with van der Waals surface area (Å²) in [4.78, 5) is 45.8. The Kier molecular flexibility index (Phi) is 7.13. The number of unbranched alkanes of at least 4 members (excludes halogenated alkanes) is 1. The molecule has 0 radical (unpaired) electrons. The number of aromatic nitrogens is 4. The number of carboxylic acids is 1. The SMILES string of the molecule is CNC(CCCCNCCn1c2nc(=O)[nH]c(=O)c-2nc2cc(C)c(C)cc21)C(=O)O. The van der Waals surface area contributed by atoms with E-state index in [4.69, 9.17) is 5.11 Å². The molecular weight excluding hydrogens is 400 g/mol. The van der Waals surface area contributed by atoms with Crippen LogP contribution >= 0.6 is 0 Å². The van der Waals surface area contributed by atoms with Crippen LogP contribution in [-0.2, 0) is 11.3 Å². The molecule has 0 saturated heterocycles. The number of H-pyrrole nitrogens is 1. The molecule has 1 aromatic carbocycles. The second-order valence-corrected chi connectivity index (χ2v) is 7.66. The molecule has 10 nitrogen and oxygen atoms in total. The molecule has 2 aliphatic rings. The summed E-state index contributed by atoms with van der Waals surface area (Å²) in [5.41, 5.74) is 2.54. The second kappa shape index (κ2) is 9.80. The Morgan fingerprint density at radius 1 is 1.16 bits per heavy atom. The number of likely N-dealkylation sites (N-methyl/N-ethyl adjacent to an activating group) is 1. The van der Waals surface area contributed by atoms with Gasteiger partial charge in [-0.1, -0.05) is 6.42 Å². The first-order valence-corrected chi connectivity index (χ1v) is 10.3. The van der Waals surface area contributed by atoms with Crippen molar-refractivity contribution in [2.45, 2.75) is 45.7 Å². The minimum absolute atomic E-state index is 0.141. The van der Waals surface area contributed by atoms with Crippen LogP contribution in [0.5, 0.6) is 0 Å². The van der Waals surface area contributed by atoms with Crippen molar-refractivity contribution >= 4 is 17.0 Å². The Morgan fingerprint density at radius 2 is 1.90 bits per heavy atom. The predicted octanol–water partition coefficient (Wildman–Crippen LogP) is 0.634. The summed E-state index contributed by atoms with van der Waals surface area (Å²) in [7, 11) is 1.65. The lowest BCUT2D eigenvalue weighted by atomic mass is 10.1. The maximum atomic E-state index is 12.3. The summed E-state index contributed by atoms with van der Waals surface area (Å²) in [6.45, 7) is 5.82. The summed E-state index contributed by atoms with van der Waals surface area (Å²) >= 11 is 0. The van der Waals surface area contributed by atoms with Gasteiger partial charge in [0.15, 0.2) is 11.5 Å². The van der Waals surface area contributed by atoms with E-state index in [0.717, 1.165) is 36.0 Å². The van der Waals surface area contributed by atoms with Crippen molar-refractivity contribution in [1.82, 2.24) is 30.2 Å². The van der Waals surface area contributed by atoms with Crippen molar-refractivity contribution in [3.63, 3.8) is 0 Å². The molecule has 0 amide bonds. The monoisotopic (exact) mass is 428 g/mol. The predicted molar refractivity (Wildman–Crippen MR) is 118 cm³/mol. The van der Waals surface area contributed by atoms with Gasteiger partial charge in [0.05, 0.1) is 11.0 Å². The van der Waals surface area contributed by atoms with Crippen LogP contribution in [0.25, 0.3) is 22.6 Å². The molecule has 2 heterocycles. The summed E-state index contributed by atoms with van der Waals surface area (Å²) < 4.78 is 1.86. The molecule has 0 aliphatic carbocycles. The van der Waals surface area contributed by atoms with E-state index in [2.05, 4.69) is 25.6 Å². The highest BCUT2D eigenvalue weighted by Crippen LogP contribution is 2.23. The lowest BCUT2D eigenvalue weighted by Gasteiger charge is -2.18. The normalized spacial score (nSPS) is 12.5. The highest BCUT2D eigenvalue weighted by Gasteiger charge is 2.19. The van der Waals surface area contributed by atoms with E-state index >= 15 is 0 Å². The number of benzene rings is 1. The number of hydrogen-bond donors (Lipinski definition) is 4. The van der Waals surface area contributed by atoms with Crippen LogP contribution in [0, 0.1) is 13.8 Å². The van der Waals surface area contributed by atoms with Crippen molar-refractivity contribution in [3.05, 3.63) is 44.1 Å². The Bertz CT molecular complexity index is 1170. The number of nitrogens with zero attached hydrogens (tertiary/aromatic N) is 3. The van der Waals surface area contributed by atoms with Gasteiger partial charge in [0, 0.05) is 13.1 Å². The standard InChI is InChI=1S/C21H28N6O4/c1-12-10-15-16(11-13(12)2)27(18-17(24-15)19(28)26-21(31)25-18)9-8-23-7-5-4-6-14(22-3)20(29)30/h10-11,14,22-23H,4-9H2,1-3H3,(H,29,30)(H,26,28,31). The first-order chi connectivity index (χ1) is 14.8. The third kappa shape index (κ3) is 5.15. The van der Waals surface area contributed by atoms with Crippen molar-refractivity contribution in [3.8, 4) is 11.5 Å². The van der Waals surface area contributed by atoms with Crippen molar-refractivity contribution < 1.29 is 9.90 Å². The van der Waals surface area contributed by atoms with E-state index in [-0.39, 0.29) is 11.5 Å². The summed E-state index contributed by atoms with van der Waals surface area (Å²) in [5, 5.41) is 15.2. The zero-order valence-corrected chi connectivity index (χ0v) is 18.0. The van der Waals surface area contributed by atoms with Gasteiger partial charge in [-0.25, -0.2) is 9.78 Å². The Balaban J connectivity index is 1.74. The fraction of sp³-hybridized carbons (Fsp3) is 0.476. The fourth-order valence-corrected chi connectivity index (χ4v) is 3.58. The largest absolute Gasteiger partial charge is 0.480 e. The van der Waals surface area contributed by atoms with Gasteiger partial charge in [0.2, 0.25) is 0 Å². The van der Waals surface area contributed by atoms with Crippen LogP contribution in [0.15, 0.2) is 21.7 Å². The second-order valence-electron chi connectivity index (χ2n) is 7.66. The van der Waals surface area contributed by atoms with E-state index < -0.39 is 23.3 Å². The van der Waals surface area contributed by atoms with Gasteiger partial charge < -0.3 is 20.3 Å². The quantitative estimate of drug-likeness (QED) is 0.272. The van der Waals surface area contributed by atoms with Gasteiger partial charge in [-0.05, 0) is 63.5 Å². The molecule has 0 aromatic heterocycles. The van der Waals surface area contributed by atoms with Crippen LogP contribution < -0.4 is 21.9 Å². The number of fused-ring (bicyclic) bond motifs is 2. The summed E-state index contributed by atoms with van der Waals surface area (Å²) in [6, 6.07) is 3.40. The van der Waals surface area contributed by atoms with Gasteiger partial charge in [-0.15, -0.1) is 0 Å². The maximum absolute atomic E-state index is 12.3. The summed E-state index contributed by atoms with van der Waals surface area (Å²) in [5.74, 6) is -0.571. The minimum Gasteiger partial charge on any atom is -0.480 e. The highest BCUT2D eigenvalue weighted by atomic mass is 16.4. The average Bonchev–Trinajstić information content (AvgIpc) is 2.71. The molecule has 3 rings (SSSR count). The van der Waals surface area contributed by atoms with Crippen molar-refractivity contribution in [2.75, 3.05) is 20.1 Å². The fourth-order valence-electron chi connectivity index (χ4n) is 3.58.